The minimum absolute atomic E-state index is 0.181. The van der Waals surface area contributed by atoms with Crippen LogP contribution in [0.15, 0.2) is 42.5 Å². The zero-order valence-corrected chi connectivity index (χ0v) is 17.8. The molecule has 0 aromatic heterocycles. The molecule has 158 valence electrons. The summed E-state index contributed by atoms with van der Waals surface area (Å²) in [5, 5.41) is 8.96. The summed E-state index contributed by atoms with van der Waals surface area (Å²) in [6.07, 6.45) is 1.11. The van der Waals surface area contributed by atoms with Crippen LogP contribution in [0.5, 0.6) is 11.5 Å². The third-order valence-electron chi connectivity index (χ3n) is 5.47. The molecule has 1 aliphatic heterocycles. The fourth-order valence-electron chi connectivity index (χ4n) is 3.60. The van der Waals surface area contributed by atoms with Crippen molar-refractivity contribution in [2.75, 3.05) is 39.9 Å². The van der Waals surface area contributed by atoms with Crippen LogP contribution in [0, 0.1) is 18.3 Å². The fourth-order valence-corrected chi connectivity index (χ4v) is 3.60. The highest BCUT2D eigenvalue weighted by atomic mass is 16.5. The second-order valence-corrected chi connectivity index (χ2v) is 7.51. The predicted molar refractivity (Wildman–Crippen MR) is 115 cm³/mol. The summed E-state index contributed by atoms with van der Waals surface area (Å²) in [7, 11) is 1.55. The molecule has 2 aromatic carbocycles. The number of nitriles is 1. The van der Waals surface area contributed by atoms with Crippen LogP contribution in [0.2, 0.25) is 0 Å². The first-order valence-corrected chi connectivity index (χ1v) is 10.4. The Labute approximate surface area is 178 Å². The number of ether oxygens (including phenoxy) is 2. The van der Waals surface area contributed by atoms with Gasteiger partial charge in [0.2, 0.25) is 5.91 Å². The molecular weight excluding hydrogens is 378 g/mol. The number of benzene rings is 2. The van der Waals surface area contributed by atoms with E-state index < -0.39 is 0 Å². The second kappa shape index (κ2) is 10.7. The van der Waals surface area contributed by atoms with E-state index in [1.165, 1.54) is 11.1 Å². The Kier molecular flexibility index (Phi) is 7.69. The van der Waals surface area contributed by atoms with Crippen molar-refractivity contribution in [3.05, 3.63) is 59.2 Å². The van der Waals surface area contributed by atoms with Crippen molar-refractivity contribution in [3.8, 4) is 17.6 Å². The summed E-state index contributed by atoms with van der Waals surface area (Å²) in [6.45, 7) is 6.86. The van der Waals surface area contributed by atoms with Crippen LogP contribution in [0.3, 0.4) is 0 Å². The average molecular weight is 408 g/mol. The molecule has 0 spiro atoms. The predicted octanol–water partition coefficient (Wildman–Crippen LogP) is 3.38. The number of aryl methyl sites for hydroxylation is 1. The summed E-state index contributed by atoms with van der Waals surface area (Å²) in [6, 6.07) is 15.6. The third-order valence-corrected chi connectivity index (χ3v) is 5.47. The van der Waals surface area contributed by atoms with Gasteiger partial charge in [-0.3, -0.25) is 9.69 Å². The maximum Gasteiger partial charge on any atom is 0.222 e. The first-order valence-electron chi connectivity index (χ1n) is 10.4. The molecule has 0 saturated carbocycles. The van der Waals surface area contributed by atoms with Crippen molar-refractivity contribution in [3.63, 3.8) is 0 Å². The topological polar surface area (TPSA) is 65.8 Å². The lowest BCUT2D eigenvalue weighted by Gasteiger charge is -2.35. The number of hydrogen-bond acceptors (Lipinski definition) is 5. The van der Waals surface area contributed by atoms with Crippen molar-refractivity contribution >= 4 is 5.91 Å². The fraction of sp³-hybridized carbons (Fsp3) is 0.417. The number of methoxy groups -OCH3 is 1. The number of amides is 1. The van der Waals surface area contributed by atoms with E-state index in [-0.39, 0.29) is 5.91 Å². The molecule has 1 amide bonds. The van der Waals surface area contributed by atoms with Gasteiger partial charge in [0.05, 0.1) is 25.3 Å². The molecule has 6 nitrogen and oxygen atoms in total. The Morgan fingerprint density at radius 1 is 1.10 bits per heavy atom. The number of carbonyl (C=O) groups excluding carboxylic acids is 1. The van der Waals surface area contributed by atoms with E-state index in [1.54, 1.807) is 25.3 Å². The number of nitrogens with zero attached hydrogens (tertiary/aromatic N) is 3. The Morgan fingerprint density at radius 2 is 1.87 bits per heavy atom. The average Bonchev–Trinajstić information content (AvgIpc) is 2.78. The van der Waals surface area contributed by atoms with Crippen LogP contribution in [0.25, 0.3) is 0 Å². The van der Waals surface area contributed by atoms with Gasteiger partial charge in [-0.15, -0.1) is 0 Å². The number of rotatable bonds is 8. The summed E-state index contributed by atoms with van der Waals surface area (Å²) >= 11 is 0. The summed E-state index contributed by atoms with van der Waals surface area (Å²) < 4.78 is 11.0. The first kappa shape index (κ1) is 21.7. The molecule has 2 aromatic rings. The van der Waals surface area contributed by atoms with Crippen molar-refractivity contribution in [2.45, 2.75) is 26.3 Å². The van der Waals surface area contributed by atoms with Gasteiger partial charge in [-0.1, -0.05) is 24.3 Å². The van der Waals surface area contributed by atoms with Crippen LogP contribution in [0.4, 0.5) is 0 Å². The van der Waals surface area contributed by atoms with Crippen LogP contribution in [0.1, 0.15) is 29.5 Å². The molecule has 0 radical (unpaired) electrons. The lowest BCUT2D eigenvalue weighted by molar-refractivity contribution is -0.133. The monoisotopic (exact) mass is 407 g/mol. The molecule has 0 aliphatic carbocycles. The maximum absolute atomic E-state index is 12.5. The Bertz CT molecular complexity index is 899. The van der Waals surface area contributed by atoms with Gasteiger partial charge in [0.25, 0.3) is 0 Å². The molecule has 30 heavy (non-hydrogen) atoms. The molecule has 3 rings (SSSR count). The van der Waals surface area contributed by atoms with E-state index in [4.69, 9.17) is 14.7 Å². The van der Waals surface area contributed by atoms with Gasteiger partial charge in [-0.05, 0) is 36.6 Å². The molecule has 0 bridgehead atoms. The smallest absolute Gasteiger partial charge is 0.222 e. The molecule has 1 heterocycles. The van der Waals surface area contributed by atoms with Crippen LogP contribution >= 0.6 is 0 Å². The Balaban J connectivity index is 1.38. The van der Waals surface area contributed by atoms with E-state index in [0.29, 0.717) is 36.5 Å². The first-order chi connectivity index (χ1) is 14.6. The molecule has 6 heteroatoms. The van der Waals surface area contributed by atoms with Gasteiger partial charge in [0, 0.05) is 45.2 Å². The lowest BCUT2D eigenvalue weighted by atomic mass is 10.1. The SMILES string of the molecule is COc1cc(C#N)ccc1OCCCC(=O)N1CCN(Cc2ccccc2C)CC1. The highest BCUT2D eigenvalue weighted by molar-refractivity contribution is 5.76. The Hall–Kier alpha value is -3.04. The van der Waals surface area contributed by atoms with Gasteiger partial charge in [0.15, 0.2) is 11.5 Å². The molecule has 1 saturated heterocycles. The maximum atomic E-state index is 12.5. The quantitative estimate of drug-likeness (QED) is 0.628. The van der Waals surface area contributed by atoms with E-state index in [9.17, 15) is 4.79 Å². The highest BCUT2D eigenvalue weighted by Crippen LogP contribution is 2.28. The summed E-state index contributed by atoms with van der Waals surface area (Å²) in [5.41, 5.74) is 3.19. The standard InChI is InChI=1S/C24H29N3O3/c1-19-6-3-4-7-21(19)18-26-11-13-27(14-12-26)24(28)8-5-15-30-22-10-9-20(17-25)16-23(22)29-2/h3-4,6-7,9-10,16H,5,8,11-15,18H2,1-2H3. The minimum atomic E-state index is 0.181. The molecule has 0 N–H and O–H groups in total. The number of carbonyl (C=O) groups is 1. The van der Waals surface area contributed by atoms with Crippen molar-refractivity contribution < 1.29 is 14.3 Å². The van der Waals surface area contributed by atoms with Gasteiger partial charge in [0.1, 0.15) is 0 Å². The molecule has 1 aliphatic rings. The van der Waals surface area contributed by atoms with Crippen molar-refractivity contribution in [1.82, 2.24) is 9.80 Å². The van der Waals surface area contributed by atoms with Gasteiger partial charge < -0.3 is 14.4 Å². The third kappa shape index (κ3) is 5.74. The zero-order chi connectivity index (χ0) is 21.3. The lowest BCUT2D eigenvalue weighted by Crippen LogP contribution is -2.48. The largest absolute Gasteiger partial charge is 0.493 e. The van der Waals surface area contributed by atoms with Gasteiger partial charge in [-0.2, -0.15) is 5.26 Å². The highest BCUT2D eigenvalue weighted by Gasteiger charge is 2.21. The minimum Gasteiger partial charge on any atom is -0.493 e. The van der Waals surface area contributed by atoms with Crippen LogP contribution in [-0.4, -0.2) is 55.6 Å². The van der Waals surface area contributed by atoms with E-state index in [1.807, 2.05) is 4.90 Å². The summed E-state index contributed by atoms with van der Waals surface area (Å²) in [4.78, 5) is 16.9. The number of piperazine rings is 1. The normalized spacial score (nSPS) is 14.2. The molecular formula is C24H29N3O3. The molecule has 0 atom stereocenters. The van der Waals surface area contributed by atoms with Crippen LogP contribution in [-0.2, 0) is 11.3 Å². The zero-order valence-electron chi connectivity index (χ0n) is 17.8. The Morgan fingerprint density at radius 3 is 2.57 bits per heavy atom. The van der Waals surface area contributed by atoms with Crippen LogP contribution < -0.4 is 9.47 Å². The molecule has 1 fully saturated rings. The van der Waals surface area contributed by atoms with Gasteiger partial charge >= 0.3 is 0 Å². The van der Waals surface area contributed by atoms with Crippen molar-refractivity contribution in [1.29, 1.82) is 5.26 Å². The van der Waals surface area contributed by atoms with E-state index >= 15 is 0 Å². The second-order valence-electron chi connectivity index (χ2n) is 7.51. The number of hydrogen-bond donors (Lipinski definition) is 0. The van der Waals surface area contributed by atoms with E-state index in [2.05, 4.69) is 42.2 Å². The molecule has 0 unspecified atom stereocenters. The van der Waals surface area contributed by atoms with E-state index in [0.717, 1.165) is 32.7 Å². The summed E-state index contributed by atoms with van der Waals surface area (Å²) in [5.74, 6) is 1.31. The van der Waals surface area contributed by atoms with Gasteiger partial charge in [-0.25, -0.2) is 0 Å². The van der Waals surface area contributed by atoms with Crippen molar-refractivity contribution in [2.24, 2.45) is 0 Å².